The Balaban J connectivity index is 4.70. The van der Waals surface area contributed by atoms with Crippen molar-refractivity contribution in [1.29, 1.82) is 5.26 Å². The molecule has 4 heteroatoms. The molecule has 0 fully saturated rings. The van der Waals surface area contributed by atoms with E-state index >= 15 is 0 Å². The number of carbonyl (C=O) groups is 1. The highest BCUT2D eigenvalue weighted by atomic mass is 16.5. The molecule has 0 saturated heterocycles. The van der Waals surface area contributed by atoms with Gasteiger partial charge in [0.1, 0.15) is 5.92 Å². The van der Waals surface area contributed by atoms with Crippen LogP contribution in [0.5, 0.6) is 0 Å². The number of rotatable bonds is 6. The fourth-order valence-corrected chi connectivity index (χ4v) is 1.68. The number of carbonyl (C=O) groups excluding carboxylic acids is 1. The maximum absolute atomic E-state index is 12.1. The minimum atomic E-state index is -0.556. The molecule has 0 spiro atoms. The first-order chi connectivity index (χ1) is 7.49. The van der Waals surface area contributed by atoms with E-state index in [4.69, 9.17) is 10.00 Å². The highest BCUT2D eigenvalue weighted by Gasteiger charge is 2.28. The summed E-state index contributed by atoms with van der Waals surface area (Å²) >= 11 is 0. The number of hydrogen-bond donors (Lipinski definition) is 0. The van der Waals surface area contributed by atoms with Gasteiger partial charge in [0.25, 0.3) is 0 Å². The Labute approximate surface area is 98.2 Å². The van der Waals surface area contributed by atoms with E-state index in [2.05, 4.69) is 6.07 Å². The van der Waals surface area contributed by atoms with Gasteiger partial charge in [0.2, 0.25) is 5.91 Å². The summed E-state index contributed by atoms with van der Waals surface area (Å²) in [7, 11) is 1.61. The molecule has 0 heterocycles. The van der Waals surface area contributed by atoms with Gasteiger partial charge < -0.3 is 9.64 Å². The largest absolute Gasteiger partial charge is 0.383 e. The molecule has 0 aromatic carbocycles. The third-order valence-electron chi connectivity index (χ3n) is 2.64. The molecule has 16 heavy (non-hydrogen) atoms. The van der Waals surface area contributed by atoms with Gasteiger partial charge in [0.05, 0.1) is 18.7 Å². The second-order valence-electron chi connectivity index (χ2n) is 4.28. The van der Waals surface area contributed by atoms with E-state index in [9.17, 15) is 4.79 Å². The van der Waals surface area contributed by atoms with Gasteiger partial charge in [-0.25, -0.2) is 0 Å². The molecule has 0 saturated carbocycles. The molecule has 2 atom stereocenters. The Hall–Kier alpha value is -1.08. The fraction of sp³-hybridized carbons (Fsp3) is 0.833. The summed E-state index contributed by atoms with van der Waals surface area (Å²) in [6.45, 7) is 8.73. The summed E-state index contributed by atoms with van der Waals surface area (Å²) in [6, 6.07) is 2.09. The van der Waals surface area contributed by atoms with E-state index in [1.54, 1.807) is 12.0 Å². The first-order valence-electron chi connectivity index (χ1n) is 5.68. The summed E-state index contributed by atoms with van der Waals surface area (Å²) in [4.78, 5) is 13.8. The van der Waals surface area contributed by atoms with Crippen LogP contribution in [0, 0.1) is 23.2 Å². The Bertz CT molecular complexity index is 258. The lowest BCUT2D eigenvalue weighted by molar-refractivity contribution is -0.137. The van der Waals surface area contributed by atoms with Crippen molar-refractivity contribution >= 4 is 5.91 Å². The second kappa shape index (κ2) is 7.24. The van der Waals surface area contributed by atoms with Crippen LogP contribution in [-0.2, 0) is 9.53 Å². The van der Waals surface area contributed by atoms with E-state index in [1.165, 1.54) is 0 Å². The molecule has 0 radical (unpaired) electrons. The number of amides is 1. The molecule has 4 nitrogen and oxygen atoms in total. The predicted molar refractivity (Wildman–Crippen MR) is 62.7 cm³/mol. The van der Waals surface area contributed by atoms with Gasteiger partial charge in [-0.2, -0.15) is 5.26 Å². The van der Waals surface area contributed by atoms with Crippen LogP contribution in [0.4, 0.5) is 0 Å². The van der Waals surface area contributed by atoms with Gasteiger partial charge >= 0.3 is 0 Å². The average Bonchev–Trinajstić information content (AvgIpc) is 2.19. The van der Waals surface area contributed by atoms with Gasteiger partial charge in [-0.1, -0.05) is 13.8 Å². The molecular formula is C12H22N2O2. The van der Waals surface area contributed by atoms with Gasteiger partial charge in [-0.15, -0.1) is 0 Å². The number of nitriles is 1. The smallest absolute Gasteiger partial charge is 0.240 e. The maximum atomic E-state index is 12.1. The number of ether oxygens (including phenoxy) is 1. The predicted octanol–water partition coefficient (Wildman–Crippen LogP) is 1.67. The van der Waals surface area contributed by atoms with Crippen LogP contribution < -0.4 is 0 Å². The Morgan fingerprint density at radius 3 is 2.31 bits per heavy atom. The van der Waals surface area contributed by atoms with Crippen molar-refractivity contribution in [3.63, 3.8) is 0 Å². The van der Waals surface area contributed by atoms with Crippen molar-refractivity contribution < 1.29 is 9.53 Å². The lowest BCUT2D eigenvalue weighted by Gasteiger charge is -2.30. The van der Waals surface area contributed by atoms with Gasteiger partial charge in [-0.3, -0.25) is 4.79 Å². The first-order valence-corrected chi connectivity index (χ1v) is 5.68. The van der Waals surface area contributed by atoms with Crippen molar-refractivity contribution in [2.75, 3.05) is 20.3 Å². The van der Waals surface area contributed by atoms with Crippen LogP contribution >= 0.6 is 0 Å². The Morgan fingerprint density at radius 2 is 2.00 bits per heavy atom. The van der Waals surface area contributed by atoms with Crippen LogP contribution in [-0.4, -0.2) is 37.1 Å². The van der Waals surface area contributed by atoms with Crippen LogP contribution in [0.1, 0.15) is 27.7 Å². The molecule has 0 aromatic heterocycles. The lowest BCUT2D eigenvalue weighted by atomic mass is 9.95. The zero-order valence-corrected chi connectivity index (χ0v) is 10.9. The van der Waals surface area contributed by atoms with Crippen molar-refractivity contribution in [1.82, 2.24) is 4.90 Å². The van der Waals surface area contributed by atoms with Crippen LogP contribution in [0.3, 0.4) is 0 Å². The van der Waals surface area contributed by atoms with Crippen LogP contribution in [0.2, 0.25) is 0 Å². The van der Waals surface area contributed by atoms with Gasteiger partial charge in [0.15, 0.2) is 0 Å². The maximum Gasteiger partial charge on any atom is 0.240 e. The molecule has 0 bridgehead atoms. The van der Waals surface area contributed by atoms with E-state index in [-0.39, 0.29) is 17.9 Å². The van der Waals surface area contributed by atoms with Crippen molar-refractivity contribution in [2.45, 2.75) is 33.7 Å². The van der Waals surface area contributed by atoms with Crippen LogP contribution in [0.25, 0.3) is 0 Å². The third kappa shape index (κ3) is 3.82. The molecule has 0 aliphatic rings. The molecule has 1 amide bonds. The van der Waals surface area contributed by atoms with E-state index in [0.29, 0.717) is 13.2 Å². The quantitative estimate of drug-likeness (QED) is 0.692. The van der Waals surface area contributed by atoms with Crippen molar-refractivity contribution in [2.24, 2.45) is 11.8 Å². The molecule has 92 valence electrons. The highest BCUT2D eigenvalue weighted by molar-refractivity contribution is 5.81. The summed E-state index contributed by atoms with van der Waals surface area (Å²) in [6.07, 6.45) is 0. The third-order valence-corrected chi connectivity index (χ3v) is 2.64. The molecular weight excluding hydrogens is 204 g/mol. The molecule has 0 N–H and O–H groups in total. The number of methoxy groups -OCH3 is 1. The molecule has 0 aromatic rings. The number of nitrogens with zero attached hydrogens (tertiary/aromatic N) is 2. The summed E-state index contributed by atoms with van der Waals surface area (Å²) in [5, 5.41) is 8.99. The zero-order chi connectivity index (χ0) is 12.7. The Kier molecular flexibility index (Phi) is 6.75. The fourth-order valence-electron chi connectivity index (χ4n) is 1.68. The molecule has 0 aliphatic carbocycles. The SMILES string of the molecule is CCN(C(=O)C(C#N)C(C)C)C(C)COC. The number of likely N-dealkylation sites (N-methyl/N-ethyl adjacent to an activating group) is 1. The van der Waals surface area contributed by atoms with E-state index in [1.807, 2.05) is 27.7 Å². The average molecular weight is 226 g/mol. The standard InChI is InChI=1S/C12H22N2O2/c1-6-14(10(4)8-16-5)12(15)11(7-13)9(2)3/h9-11H,6,8H2,1-5H3. The topological polar surface area (TPSA) is 53.3 Å². The van der Waals surface area contributed by atoms with Gasteiger partial charge in [0, 0.05) is 13.7 Å². The lowest BCUT2D eigenvalue weighted by Crippen LogP contribution is -2.44. The van der Waals surface area contributed by atoms with Gasteiger partial charge in [-0.05, 0) is 19.8 Å². The summed E-state index contributed by atoms with van der Waals surface area (Å²) < 4.78 is 5.03. The highest BCUT2D eigenvalue weighted by Crippen LogP contribution is 2.15. The molecule has 2 unspecified atom stereocenters. The normalized spacial score (nSPS) is 14.3. The minimum Gasteiger partial charge on any atom is -0.383 e. The Morgan fingerprint density at radius 1 is 1.44 bits per heavy atom. The van der Waals surface area contributed by atoms with E-state index < -0.39 is 5.92 Å². The second-order valence-corrected chi connectivity index (χ2v) is 4.28. The van der Waals surface area contributed by atoms with E-state index in [0.717, 1.165) is 0 Å². The van der Waals surface area contributed by atoms with Crippen LogP contribution in [0.15, 0.2) is 0 Å². The first kappa shape index (κ1) is 14.9. The molecule has 0 aliphatic heterocycles. The number of hydrogen-bond acceptors (Lipinski definition) is 3. The van der Waals surface area contributed by atoms with Crippen molar-refractivity contribution in [3.05, 3.63) is 0 Å². The molecule has 0 rings (SSSR count). The minimum absolute atomic E-state index is 0.0112. The summed E-state index contributed by atoms with van der Waals surface area (Å²) in [5.41, 5.74) is 0. The zero-order valence-electron chi connectivity index (χ0n) is 10.9. The summed E-state index contributed by atoms with van der Waals surface area (Å²) in [5.74, 6) is -0.606. The monoisotopic (exact) mass is 226 g/mol. The van der Waals surface area contributed by atoms with Crippen molar-refractivity contribution in [3.8, 4) is 6.07 Å².